The Morgan fingerprint density at radius 1 is 1.44 bits per heavy atom. The van der Waals surface area contributed by atoms with Gasteiger partial charge in [-0.1, -0.05) is 13.8 Å². The summed E-state index contributed by atoms with van der Waals surface area (Å²) in [5.74, 6) is -0.273. The van der Waals surface area contributed by atoms with Crippen LogP contribution >= 0.6 is 11.3 Å². The molecule has 1 heterocycles. The van der Waals surface area contributed by atoms with Crippen molar-refractivity contribution in [2.45, 2.75) is 25.0 Å². The van der Waals surface area contributed by atoms with E-state index in [1.807, 2.05) is 6.92 Å². The fourth-order valence-electron chi connectivity index (χ4n) is 0.998. The van der Waals surface area contributed by atoms with Gasteiger partial charge in [0, 0.05) is 10.8 Å². The molecule has 16 heavy (non-hydrogen) atoms. The van der Waals surface area contributed by atoms with Gasteiger partial charge in [-0.25, -0.2) is 13.1 Å². The van der Waals surface area contributed by atoms with Crippen molar-refractivity contribution < 1.29 is 13.2 Å². The Labute approximate surface area is 99.7 Å². The number of sulfonamides is 1. The quantitative estimate of drug-likeness (QED) is 0.875. The molecule has 1 aromatic heterocycles. The molecule has 0 aliphatic rings. The van der Waals surface area contributed by atoms with Crippen molar-refractivity contribution >= 4 is 27.1 Å². The summed E-state index contributed by atoms with van der Waals surface area (Å²) < 4.78 is 26.0. The van der Waals surface area contributed by atoms with Gasteiger partial charge in [-0.05, 0) is 19.1 Å². The van der Waals surface area contributed by atoms with Crippen LogP contribution in [0.5, 0.6) is 0 Å². The largest absolute Gasteiger partial charge is 0.298 e. The second-order valence-electron chi connectivity index (χ2n) is 3.81. The summed E-state index contributed by atoms with van der Waals surface area (Å²) in [6.45, 7) is 5.18. The van der Waals surface area contributed by atoms with E-state index in [4.69, 9.17) is 0 Å². The Morgan fingerprint density at radius 2 is 2.06 bits per heavy atom. The maximum atomic E-state index is 11.7. The first-order chi connectivity index (χ1) is 7.33. The molecule has 6 heteroatoms. The molecule has 0 unspecified atom stereocenters. The molecule has 0 aliphatic carbocycles. The third kappa shape index (κ3) is 3.40. The first kappa shape index (κ1) is 13.3. The third-order valence-corrected chi connectivity index (χ3v) is 4.95. The van der Waals surface area contributed by atoms with Crippen molar-refractivity contribution in [2.24, 2.45) is 5.92 Å². The van der Waals surface area contributed by atoms with Gasteiger partial charge in [0.2, 0.25) is 10.0 Å². The molecule has 0 bridgehead atoms. The Bertz CT molecular complexity index is 474. The van der Waals surface area contributed by atoms with Gasteiger partial charge in [0.1, 0.15) is 9.99 Å². The van der Waals surface area contributed by atoms with Gasteiger partial charge in [0.15, 0.2) is 0 Å². The van der Waals surface area contributed by atoms with E-state index >= 15 is 0 Å². The van der Waals surface area contributed by atoms with Gasteiger partial charge in [-0.3, -0.25) is 4.79 Å². The molecule has 1 rings (SSSR count). The van der Waals surface area contributed by atoms with E-state index in [-0.39, 0.29) is 22.5 Å². The van der Waals surface area contributed by atoms with Crippen LogP contribution in [-0.2, 0) is 14.8 Å². The number of carbonyl (C=O) groups is 1. The molecule has 0 aromatic carbocycles. The number of aryl methyl sites for hydroxylation is 1. The smallest absolute Gasteiger partial charge is 0.250 e. The Kier molecular flexibility index (Phi) is 4.23. The molecule has 0 amide bonds. The average Bonchev–Trinajstić information content (AvgIpc) is 2.61. The van der Waals surface area contributed by atoms with Crippen LogP contribution in [0.3, 0.4) is 0 Å². The predicted octanol–water partition coefficient (Wildman–Crippen LogP) is 1.56. The van der Waals surface area contributed by atoms with Crippen LogP contribution in [0.15, 0.2) is 16.3 Å². The minimum atomic E-state index is -3.52. The fourth-order valence-corrected chi connectivity index (χ4v) is 3.32. The zero-order valence-corrected chi connectivity index (χ0v) is 11.1. The SMILES string of the molecule is Cc1ccc(S(=O)(=O)NCC(=O)C(C)C)s1. The minimum absolute atomic E-state index is 0.114. The topological polar surface area (TPSA) is 63.2 Å². The van der Waals surface area contributed by atoms with E-state index in [0.29, 0.717) is 0 Å². The zero-order chi connectivity index (χ0) is 12.3. The number of carbonyl (C=O) groups excluding carboxylic acids is 1. The zero-order valence-electron chi connectivity index (χ0n) is 9.48. The summed E-state index contributed by atoms with van der Waals surface area (Å²) >= 11 is 1.19. The van der Waals surface area contributed by atoms with Crippen LogP contribution in [-0.4, -0.2) is 20.7 Å². The van der Waals surface area contributed by atoms with E-state index < -0.39 is 10.0 Å². The first-order valence-electron chi connectivity index (χ1n) is 4.92. The van der Waals surface area contributed by atoms with E-state index in [1.165, 1.54) is 11.3 Å². The van der Waals surface area contributed by atoms with Crippen LogP contribution in [0.25, 0.3) is 0 Å². The number of rotatable bonds is 5. The normalized spacial score (nSPS) is 12.0. The van der Waals surface area contributed by atoms with Crippen LogP contribution in [0, 0.1) is 12.8 Å². The molecule has 0 saturated heterocycles. The Morgan fingerprint density at radius 3 is 2.50 bits per heavy atom. The molecule has 0 aliphatic heterocycles. The van der Waals surface area contributed by atoms with Crippen LogP contribution in [0.2, 0.25) is 0 Å². The summed E-state index contributed by atoms with van der Waals surface area (Å²) in [5.41, 5.74) is 0. The van der Waals surface area contributed by atoms with Crippen molar-refractivity contribution in [3.63, 3.8) is 0 Å². The van der Waals surface area contributed by atoms with Gasteiger partial charge in [-0.2, -0.15) is 0 Å². The molecule has 1 N–H and O–H groups in total. The molecule has 4 nitrogen and oxygen atoms in total. The third-order valence-electron chi connectivity index (χ3n) is 2.06. The Balaban J connectivity index is 2.70. The van der Waals surface area contributed by atoms with Crippen LogP contribution in [0.1, 0.15) is 18.7 Å². The second kappa shape index (κ2) is 5.07. The molecule has 0 radical (unpaired) electrons. The number of Topliss-reactive ketones (excluding diaryl/α,β-unsaturated/α-hetero) is 1. The Hall–Kier alpha value is -0.720. The van der Waals surface area contributed by atoms with E-state index in [1.54, 1.807) is 26.0 Å². The lowest BCUT2D eigenvalue weighted by atomic mass is 10.1. The van der Waals surface area contributed by atoms with Crippen LogP contribution in [0.4, 0.5) is 0 Å². The van der Waals surface area contributed by atoms with Crippen molar-refractivity contribution in [2.75, 3.05) is 6.54 Å². The van der Waals surface area contributed by atoms with Gasteiger partial charge in [0.05, 0.1) is 6.54 Å². The number of thiophene rings is 1. The van der Waals surface area contributed by atoms with Crippen molar-refractivity contribution in [1.82, 2.24) is 4.72 Å². The molecule has 90 valence electrons. The van der Waals surface area contributed by atoms with E-state index in [0.717, 1.165) is 4.88 Å². The summed E-state index contributed by atoms with van der Waals surface area (Å²) in [5, 5.41) is 0. The van der Waals surface area contributed by atoms with Gasteiger partial charge >= 0.3 is 0 Å². The lowest BCUT2D eigenvalue weighted by Gasteiger charge is -2.05. The summed E-state index contributed by atoms with van der Waals surface area (Å²) in [7, 11) is -3.52. The van der Waals surface area contributed by atoms with Crippen molar-refractivity contribution in [3.8, 4) is 0 Å². The maximum Gasteiger partial charge on any atom is 0.250 e. The predicted molar refractivity (Wildman–Crippen MR) is 64.1 cm³/mol. The van der Waals surface area contributed by atoms with Gasteiger partial charge < -0.3 is 0 Å². The molecule has 0 fully saturated rings. The lowest BCUT2D eigenvalue weighted by Crippen LogP contribution is -2.31. The summed E-state index contributed by atoms with van der Waals surface area (Å²) in [4.78, 5) is 12.2. The highest BCUT2D eigenvalue weighted by molar-refractivity contribution is 7.91. The molecular formula is C10H15NO3S2. The minimum Gasteiger partial charge on any atom is -0.298 e. The molecule has 1 aromatic rings. The van der Waals surface area contributed by atoms with Gasteiger partial charge in [-0.15, -0.1) is 11.3 Å². The van der Waals surface area contributed by atoms with E-state index in [9.17, 15) is 13.2 Å². The molecule has 0 saturated carbocycles. The average molecular weight is 261 g/mol. The van der Waals surface area contributed by atoms with E-state index in [2.05, 4.69) is 4.72 Å². The number of nitrogens with one attached hydrogen (secondary N) is 1. The maximum absolute atomic E-state index is 11.7. The van der Waals surface area contributed by atoms with Gasteiger partial charge in [0.25, 0.3) is 0 Å². The monoisotopic (exact) mass is 261 g/mol. The highest BCUT2D eigenvalue weighted by atomic mass is 32.2. The highest BCUT2D eigenvalue weighted by Gasteiger charge is 2.18. The first-order valence-corrected chi connectivity index (χ1v) is 7.21. The van der Waals surface area contributed by atoms with Crippen LogP contribution < -0.4 is 4.72 Å². The van der Waals surface area contributed by atoms with Crippen molar-refractivity contribution in [1.29, 1.82) is 0 Å². The fraction of sp³-hybridized carbons (Fsp3) is 0.500. The molecule has 0 atom stereocenters. The number of hydrogen-bond donors (Lipinski definition) is 1. The highest BCUT2D eigenvalue weighted by Crippen LogP contribution is 2.20. The lowest BCUT2D eigenvalue weighted by molar-refractivity contribution is -0.120. The molecule has 0 spiro atoms. The second-order valence-corrected chi connectivity index (χ2v) is 7.09. The molecular weight excluding hydrogens is 246 g/mol. The number of ketones is 1. The summed E-state index contributed by atoms with van der Waals surface area (Å²) in [6.07, 6.45) is 0. The summed E-state index contributed by atoms with van der Waals surface area (Å²) in [6, 6.07) is 3.28. The number of hydrogen-bond acceptors (Lipinski definition) is 4. The van der Waals surface area contributed by atoms with Crippen molar-refractivity contribution in [3.05, 3.63) is 17.0 Å². The standard InChI is InChI=1S/C10H15NO3S2/c1-7(2)9(12)6-11-16(13,14)10-5-4-8(3)15-10/h4-5,7,11H,6H2,1-3H3.